The number of nitrogens with one attached hydrogen (secondary N) is 2. The number of nitrogens with zero attached hydrogens (tertiary/aromatic N) is 4. The van der Waals surface area contributed by atoms with E-state index in [1.54, 1.807) is 7.11 Å². The highest BCUT2D eigenvalue weighted by Crippen LogP contribution is 2.45. The number of rotatable bonds is 7. The van der Waals surface area contributed by atoms with Crippen LogP contribution in [-0.2, 0) is 11.3 Å². The quantitative estimate of drug-likeness (QED) is 0.260. The summed E-state index contributed by atoms with van der Waals surface area (Å²) in [7, 11) is 1.60. The number of benzene rings is 1. The normalized spacial score (nSPS) is 16.9. The molecule has 0 aliphatic carbocycles. The molecule has 5 rings (SSSR count). The molecule has 1 amide bonds. The number of aryl methyl sites for hydroxylation is 1. The molecule has 8 nitrogen and oxygen atoms in total. The molecule has 2 unspecified atom stereocenters. The molecule has 2 N–H and O–H groups in total. The number of hydrogen-bond donors (Lipinski definition) is 2. The summed E-state index contributed by atoms with van der Waals surface area (Å²) in [4.78, 5) is 23.7. The van der Waals surface area contributed by atoms with Crippen molar-refractivity contribution in [2.75, 3.05) is 17.3 Å². The van der Waals surface area contributed by atoms with Gasteiger partial charge in [-0.2, -0.15) is 0 Å². The zero-order valence-corrected chi connectivity index (χ0v) is 25.1. The molecule has 1 fully saturated rings. The van der Waals surface area contributed by atoms with Gasteiger partial charge in [0.1, 0.15) is 5.75 Å². The molecule has 41 heavy (non-hydrogen) atoms. The van der Waals surface area contributed by atoms with Crippen LogP contribution in [0.3, 0.4) is 0 Å². The number of thiocarbonyl (C=S) groups is 1. The fraction of sp³-hybridized carbons (Fsp3) is 0.312. The minimum absolute atomic E-state index is 0.0864. The van der Waals surface area contributed by atoms with Gasteiger partial charge in [0.05, 0.1) is 30.6 Å². The topological polar surface area (TPSA) is 84.3 Å². The molecule has 1 aliphatic heterocycles. The number of anilines is 2. The van der Waals surface area contributed by atoms with Crippen LogP contribution in [0.1, 0.15) is 61.1 Å². The second kappa shape index (κ2) is 11.3. The Labute approximate surface area is 246 Å². The van der Waals surface area contributed by atoms with Gasteiger partial charge in [0, 0.05) is 53.7 Å². The molecule has 212 valence electrons. The molecular formula is C32H36N6O2S. The van der Waals surface area contributed by atoms with Crippen LogP contribution in [0.5, 0.6) is 5.75 Å². The van der Waals surface area contributed by atoms with Crippen molar-refractivity contribution < 1.29 is 9.53 Å². The molecule has 0 spiro atoms. The largest absolute Gasteiger partial charge is 0.494 e. The molecular weight excluding hydrogens is 532 g/mol. The van der Waals surface area contributed by atoms with Crippen molar-refractivity contribution in [3.63, 3.8) is 0 Å². The number of hydrogen-bond acceptors (Lipinski definition) is 5. The first-order valence-corrected chi connectivity index (χ1v) is 14.0. The summed E-state index contributed by atoms with van der Waals surface area (Å²) in [6.07, 6.45) is 5.45. The van der Waals surface area contributed by atoms with Crippen molar-refractivity contribution in [3.8, 4) is 5.75 Å². The van der Waals surface area contributed by atoms with Gasteiger partial charge < -0.3 is 24.8 Å². The van der Waals surface area contributed by atoms with Crippen LogP contribution >= 0.6 is 12.2 Å². The van der Waals surface area contributed by atoms with Crippen LogP contribution in [0.2, 0.25) is 0 Å². The van der Waals surface area contributed by atoms with E-state index in [-0.39, 0.29) is 18.0 Å². The van der Waals surface area contributed by atoms with Crippen molar-refractivity contribution in [3.05, 3.63) is 101 Å². The van der Waals surface area contributed by atoms with Gasteiger partial charge >= 0.3 is 0 Å². The van der Waals surface area contributed by atoms with Gasteiger partial charge in [-0.05, 0) is 79.7 Å². The fourth-order valence-corrected chi connectivity index (χ4v) is 5.58. The Hall–Kier alpha value is -4.24. The maximum atomic E-state index is 12.7. The monoisotopic (exact) mass is 568 g/mol. The summed E-state index contributed by atoms with van der Waals surface area (Å²) < 4.78 is 8.06. The maximum absolute atomic E-state index is 12.7. The van der Waals surface area contributed by atoms with Crippen LogP contribution in [0.4, 0.5) is 11.4 Å². The van der Waals surface area contributed by atoms with Gasteiger partial charge in [0.15, 0.2) is 5.11 Å². The van der Waals surface area contributed by atoms with E-state index in [1.165, 1.54) is 5.56 Å². The second-order valence-electron chi connectivity index (χ2n) is 11.4. The van der Waals surface area contributed by atoms with Gasteiger partial charge in [-0.15, -0.1) is 0 Å². The van der Waals surface area contributed by atoms with Crippen molar-refractivity contribution in [1.82, 2.24) is 19.9 Å². The van der Waals surface area contributed by atoms with E-state index in [9.17, 15) is 4.79 Å². The molecule has 9 heteroatoms. The Morgan fingerprint density at radius 1 is 1.07 bits per heavy atom. The average Bonchev–Trinajstić information content (AvgIpc) is 3.44. The predicted molar refractivity (Wildman–Crippen MR) is 166 cm³/mol. The third kappa shape index (κ3) is 5.67. The molecule has 0 bridgehead atoms. The fourth-order valence-electron chi connectivity index (χ4n) is 5.23. The van der Waals surface area contributed by atoms with Gasteiger partial charge in [0.2, 0.25) is 5.91 Å². The number of carbonyl (C=O) groups is 1. The Morgan fingerprint density at radius 3 is 2.49 bits per heavy atom. The van der Waals surface area contributed by atoms with Gasteiger partial charge in [-0.1, -0.05) is 26.8 Å². The number of ether oxygens (including phenoxy) is 1. The third-order valence-electron chi connectivity index (χ3n) is 7.51. The number of methoxy groups -OCH3 is 1. The Morgan fingerprint density at radius 2 is 1.83 bits per heavy atom. The van der Waals surface area contributed by atoms with E-state index in [0.717, 1.165) is 34.9 Å². The second-order valence-corrected chi connectivity index (χ2v) is 11.7. The summed E-state index contributed by atoms with van der Waals surface area (Å²) in [5.41, 5.74) is 6.49. The lowest BCUT2D eigenvalue weighted by Gasteiger charge is -2.29. The maximum Gasteiger partial charge on any atom is 0.229 e. The summed E-state index contributed by atoms with van der Waals surface area (Å²) in [6, 6.07) is 17.7. The molecule has 2 atom stereocenters. The van der Waals surface area contributed by atoms with Crippen LogP contribution in [-0.4, -0.2) is 32.7 Å². The number of amides is 1. The highest BCUT2D eigenvalue weighted by atomic mass is 32.1. The first kappa shape index (κ1) is 28.3. The highest BCUT2D eigenvalue weighted by Gasteiger charge is 2.42. The van der Waals surface area contributed by atoms with Crippen molar-refractivity contribution in [2.45, 2.75) is 53.2 Å². The van der Waals surface area contributed by atoms with Gasteiger partial charge in [-0.25, -0.2) is 0 Å². The van der Waals surface area contributed by atoms with E-state index >= 15 is 0 Å². The van der Waals surface area contributed by atoms with Gasteiger partial charge in [0.25, 0.3) is 0 Å². The van der Waals surface area contributed by atoms with Gasteiger partial charge in [-0.3, -0.25) is 14.8 Å². The van der Waals surface area contributed by atoms with Crippen LogP contribution < -0.4 is 20.3 Å². The zero-order valence-electron chi connectivity index (χ0n) is 24.3. The first-order chi connectivity index (χ1) is 19.6. The lowest BCUT2D eigenvalue weighted by atomic mass is 9.95. The van der Waals surface area contributed by atoms with E-state index < -0.39 is 5.41 Å². The van der Waals surface area contributed by atoms with Crippen molar-refractivity contribution >= 4 is 34.6 Å². The number of carbonyl (C=O) groups excluding carboxylic acids is 1. The summed E-state index contributed by atoms with van der Waals surface area (Å²) >= 11 is 5.96. The third-order valence-corrected chi connectivity index (χ3v) is 7.83. The summed E-state index contributed by atoms with van der Waals surface area (Å²) in [5, 5.41) is 7.14. The summed E-state index contributed by atoms with van der Waals surface area (Å²) in [5.74, 6) is 0.475. The zero-order chi connectivity index (χ0) is 29.3. The predicted octanol–water partition coefficient (Wildman–Crippen LogP) is 6.11. The Bertz CT molecular complexity index is 1560. The van der Waals surface area contributed by atoms with Crippen molar-refractivity contribution in [1.29, 1.82) is 0 Å². The minimum Gasteiger partial charge on any atom is -0.494 e. The Kier molecular flexibility index (Phi) is 7.82. The number of aromatic nitrogens is 3. The summed E-state index contributed by atoms with van der Waals surface area (Å²) in [6.45, 7) is 10.7. The van der Waals surface area contributed by atoms with E-state index in [1.807, 2.05) is 87.9 Å². The molecule has 1 aliphatic rings. The minimum atomic E-state index is -0.538. The van der Waals surface area contributed by atoms with Crippen LogP contribution in [0.25, 0.3) is 0 Å². The molecule has 4 heterocycles. The number of pyridine rings is 2. The average molecular weight is 569 g/mol. The highest BCUT2D eigenvalue weighted by molar-refractivity contribution is 7.80. The SMILES string of the molecule is COc1cc(N2C(=S)NC(c3ccccn3)C2c2cc(C)n(Cc3ccncc3)c2C)ccc1NC(=O)C(C)(C)C. The molecule has 3 aromatic heterocycles. The molecule has 0 saturated carbocycles. The first-order valence-electron chi connectivity index (χ1n) is 13.6. The molecule has 1 aromatic carbocycles. The molecule has 0 radical (unpaired) electrons. The van der Waals surface area contributed by atoms with Crippen LogP contribution in [0.15, 0.2) is 73.2 Å². The van der Waals surface area contributed by atoms with E-state index in [4.69, 9.17) is 21.9 Å². The lowest BCUT2D eigenvalue weighted by molar-refractivity contribution is -0.123. The molecule has 1 saturated heterocycles. The lowest BCUT2D eigenvalue weighted by Crippen LogP contribution is -2.30. The van der Waals surface area contributed by atoms with E-state index in [0.29, 0.717) is 16.5 Å². The van der Waals surface area contributed by atoms with Crippen LogP contribution in [0, 0.1) is 19.3 Å². The van der Waals surface area contributed by atoms with E-state index in [2.05, 4.69) is 45.0 Å². The smallest absolute Gasteiger partial charge is 0.229 e. The Balaban J connectivity index is 1.59. The molecule has 4 aromatic rings. The standard InChI is InChI=1S/C32H36N6O2S/c1-20-17-24(21(2)37(20)19-22-12-15-33-16-13-22)29-28(26-9-7-8-14-34-26)36-31(41)38(29)23-10-11-25(27(18-23)40-6)35-30(39)32(3,4)5/h7-18,28-29H,19H2,1-6H3,(H,35,39)(H,36,41). The van der Waals surface area contributed by atoms with Crippen molar-refractivity contribution in [2.24, 2.45) is 5.41 Å².